The maximum absolute atomic E-state index is 4.97. The Bertz CT molecular complexity index is 2760. The molecule has 49 heavy (non-hydrogen) atoms. The van der Waals surface area contributed by atoms with E-state index in [9.17, 15) is 0 Å². The highest BCUT2D eigenvalue weighted by molar-refractivity contribution is 7.26. The Morgan fingerprint density at radius 3 is 1.37 bits per heavy atom. The SMILES string of the molecule is c1ccc(-c2nc(-c3ccccc3)nc(-c3cccc(-c4cccc(-c5cccc6c7cccc8sc9cccc(c56)c9c87)c4)c3)n2)cc1. The number of nitrogens with zero attached hydrogens (tertiary/aromatic N) is 3. The molecule has 0 unspecified atom stereocenters. The molecular formula is C45H27N3S. The van der Waals surface area contributed by atoms with Crippen LogP contribution in [0.15, 0.2) is 164 Å². The summed E-state index contributed by atoms with van der Waals surface area (Å²) in [5.74, 6) is 1.96. The van der Waals surface area contributed by atoms with Crippen LogP contribution in [0.1, 0.15) is 0 Å². The molecular weight excluding hydrogens is 615 g/mol. The van der Waals surface area contributed by atoms with E-state index in [0.717, 1.165) is 27.8 Å². The fourth-order valence-electron chi connectivity index (χ4n) is 7.25. The summed E-state index contributed by atoms with van der Waals surface area (Å²) < 4.78 is 2.69. The molecule has 0 spiro atoms. The topological polar surface area (TPSA) is 38.7 Å². The molecule has 0 saturated carbocycles. The predicted octanol–water partition coefficient (Wildman–Crippen LogP) is 12.3. The van der Waals surface area contributed by atoms with Gasteiger partial charge in [-0.25, -0.2) is 15.0 Å². The molecule has 0 atom stereocenters. The normalized spacial score (nSPS) is 11.7. The second-order valence-corrected chi connectivity index (χ2v) is 13.5. The minimum absolute atomic E-state index is 0.650. The Kier molecular flexibility index (Phi) is 6.36. The molecule has 0 bridgehead atoms. The van der Waals surface area contributed by atoms with Gasteiger partial charge in [0.25, 0.3) is 0 Å². The van der Waals surface area contributed by atoms with Gasteiger partial charge in [-0.3, -0.25) is 0 Å². The monoisotopic (exact) mass is 641 g/mol. The van der Waals surface area contributed by atoms with Crippen molar-refractivity contribution in [2.45, 2.75) is 0 Å². The highest BCUT2D eigenvalue weighted by Crippen LogP contribution is 2.47. The fourth-order valence-corrected chi connectivity index (χ4v) is 8.41. The average Bonchev–Trinajstić information content (AvgIpc) is 3.58. The number of hydrogen-bond donors (Lipinski definition) is 0. The molecule has 4 heteroatoms. The smallest absolute Gasteiger partial charge is 0.164 e. The van der Waals surface area contributed by atoms with Crippen molar-refractivity contribution in [1.82, 2.24) is 15.0 Å². The average molecular weight is 642 g/mol. The zero-order valence-electron chi connectivity index (χ0n) is 26.3. The van der Waals surface area contributed by atoms with Crippen molar-refractivity contribution in [3.63, 3.8) is 0 Å². The molecule has 2 heterocycles. The van der Waals surface area contributed by atoms with Crippen LogP contribution in [0, 0.1) is 0 Å². The molecule has 0 aliphatic heterocycles. The van der Waals surface area contributed by atoms with Gasteiger partial charge in [0.2, 0.25) is 0 Å². The molecule has 8 aromatic carbocycles. The van der Waals surface area contributed by atoms with Crippen LogP contribution in [0.4, 0.5) is 0 Å². The molecule has 2 aromatic heterocycles. The molecule has 0 radical (unpaired) electrons. The van der Waals surface area contributed by atoms with Crippen LogP contribution in [0.25, 0.3) is 98.1 Å². The Labute approximate surface area is 287 Å². The van der Waals surface area contributed by atoms with Crippen LogP contribution < -0.4 is 0 Å². The third kappa shape index (κ3) is 4.61. The molecule has 0 aliphatic carbocycles. The van der Waals surface area contributed by atoms with Crippen molar-refractivity contribution in [3.8, 4) is 56.4 Å². The van der Waals surface area contributed by atoms with E-state index < -0.39 is 0 Å². The lowest BCUT2D eigenvalue weighted by Gasteiger charge is -2.14. The van der Waals surface area contributed by atoms with Gasteiger partial charge < -0.3 is 0 Å². The van der Waals surface area contributed by atoms with Crippen molar-refractivity contribution in [3.05, 3.63) is 164 Å². The Hall–Kier alpha value is -6.23. The van der Waals surface area contributed by atoms with E-state index in [0.29, 0.717) is 17.5 Å². The quantitative estimate of drug-likeness (QED) is 0.176. The number of benzene rings is 8. The van der Waals surface area contributed by atoms with Gasteiger partial charge in [0.05, 0.1) is 0 Å². The third-order valence-electron chi connectivity index (χ3n) is 9.47. The van der Waals surface area contributed by atoms with E-state index in [2.05, 4.69) is 103 Å². The highest BCUT2D eigenvalue weighted by Gasteiger charge is 2.18. The zero-order chi connectivity index (χ0) is 32.3. The molecule has 0 amide bonds. The Morgan fingerprint density at radius 1 is 0.306 bits per heavy atom. The van der Waals surface area contributed by atoms with Crippen LogP contribution in [0.3, 0.4) is 0 Å². The van der Waals surface area contributed by atoms with Crippen LogP contribution in [0.5, 0.6) is 0 Å². The van der Waals surface area contributed by atoms with Gasteiger partial charge >= 0.3 is 0 Å². The molecule has 10 aromatic rings. The van der Waals surface area contributed by atoms with Crippen LogP contribution >= 0.6 is 11.3 Å². The number of hydrogen-bond acceptors (Lipinski definition) is 4. The lowest BCUT2D eigenvalue weighted by molar-refractivity contribution is 1.07. The van der Waals surface area contributed by atoms with E-state index in [-0.39, 0.29) is 0 Å². The van der Waals surface area contributed by atoms with Crippen molar-refractivity contribution in [1.29, 1.82) is 0 Å². The molecule has 3 nitrogen and oxygen atoms in total. The van der Waals surface area contributed by atoms with Crippen molar-refractivity contribution >= 4 is 53.1 Å². The van der Waals surface area contributed by atoms with Crippen LogP contribution in [-0.4, -0.2) is 15.0 Å². The summed E-state index contributed by atoms with van der Waals surface area (Å²) in [5, 5.41) is 8.02. The second-order valence-electron chi connectivity index (χ2n) is 12.4. The lowest BCUT2D eigenvalue weighted by atomic mass is 9.89. The predicted molar refractivity (Wildman–Crippen MR) is 206 cm³/mol. The molecule has 10 rings (SSSR count). The van der Waals surface area contributed by atoms with E-state index in [4.69, 9.17) is 15.0 Å². The maximum atomic E-state index is 4.97. The largest absolute Gasteiger partial charge is 0.208 e. The van der Waals surface area contributed by atoms with E-state index in [1.54, 1.807) is 0 Å². The van der Waals surface area contributed by atoms with Gasteiger partial charge in [-0.1, -0.05) is 140 Å². The van der Waals surface area contributed by atoms with Crippen LogP contribution in [0.2, 0.25) is 0 Å². The summed E-state index contributed by atoms with van der Waals surface area (Å²) in [4.78, 5) is 14.8. The summed E-state index contributed by atoms with van der Waals surface area (Å²) in [6, 6.07) is 57.9. The highest BCUT2D eigenvalue weighted by atomic mass is 32.1. The molecule has 0 saturated heterocycles. The summed E-state index contributed by atoms with van der Waals surface area (Å²) in [6.45, 7) is 0. The third-order valence-corrected chi connectivity index (χ3v) is 10.6. The first-order valence-corrected chi connectivity index (χ1v) is 17.3. The molecule has 0 aliphatic rings. The van der Waals surface area contributed by atoms with Crippen molar-refractivity contribution in [2.75, 3.05) is 0 Å². The van der Waals surface area contributed by atoms with Gasteiger partial charge in [-0.05, 0) is 68.1 Å². The molecule has 0 fully saturated rings. The van der Waals surface area contributed by atoms with Gasteiger partial charge in [0, 0.05) is 36.9 Å². The number of aromatic nitrogens is 3. The molecule has 228 valence electrons. The number of thiophene rings is 1. The summed E-state index contributed by atoms with van der Waals surface area (Å²) in [5.41, 5.74) is 7.56. The van der Waals surface area contributed by atoms with Gasteiger partial charge in [0.15, 0.2) is 17.5 Å². The standard InChI is InChI=1S/C45H27N3S/c1-3-12-28(13-4-1)43-46-44(29-14-5-2-6-15-29)48-45(47-43)33-19-8-17-31(27-33)30-16-7-18-32(26-30)34-20-9-21-35-36-22-10-24-38-41(36)42-37(40(34)35)23-11-25-39(42)49-38/h1-27H. The summed E-state index contributed by atoms with van der Waals surface area (Å²) in [7, 11) is 0. The Balaban J connectivity index is 1.12. The lowest BCUT2D eigenvalue weighted by Crippen LogP contribution is -2.00. The second kappa shape index (κ2) is 11.2. The van der Waals surface area contributed by atoms with E-state index >= 15 is 0 Å². The fraction of sp³-hybridized carbons (Fsp3) is 0. The maximum Gasteiger partial charge on any atom is 0.164 e. The van der Waals surface area contributed by atoms with Crippen molar-refractivity contribution in [2.24, 2.45) is 0 Å². The Morgan fingerprint density at radius 2 is 0.735 bits per heavy atom. The first kappa shape index (κ1) is 27.8. The molecule has 0 N–H and O–H groups in total. The van der Waals surface area contributed by atoms with Crippen LogP contribution in [-0.2, 0) is 0 Å². The first-order chi connectivity index (χ1) is 24.3. The number of fused-ring (bicyclic) bond motifs is 3. The zero-order valence-corrected chi connectivity index (χ0v) is 27.2. The van der Waals surface area contributed by atoms with Gasteiger partial charge in [-0.15, -0.1) is 11.3 Å². The minimum atomic E-state index is 0.650. The van der Waals surface area contributed by atoms with E-state index in [1.807, 2.05) is 72.0 Å². The van der Waals surface area contributed by atoms with Gasteiger partial charge in [0.1, 0.15) is 0 Å². The van der Waals surface area contributed by atoms with Crippen molar-refractivity contribution < 1.29 is 0 Å². The summed E-state index contributed by atoms with van der Waals surface area (Å²) in [6.07, 6.45) is 0. The first-order valence-electron chi connectivity index (χ1n) is 16.4. The van der Waals surface area contributed by atoms with Gasteiger partial charge in [-0.2, -0.15) is 0 Å². The van der Waals surface area contributed by atoms with E-state index in [1.165, 1.54) is 52.8 Å². The minimum Gasteiger partial charge on any atom is -0.208 e. The number of rotatable bonds is 5. The summed E-state index contributed by atoms with van der Waals surface area (Å²) >= 11 is 1.89.